The van der Waals surface area contributed by atoms with Crippen molar-refractivity contribution in [3.63, 3.8) is 0 Å². The first-order valence-corrected chi connectivity index (χ1v) is 10.5. The van der Waals surface area contributed by atoms with E-state index in [-0.39, 0.29) is 5.91 Å². The Bertz CT molecular complexity index is 915. The maximum absolute atomic E-state index is 12.5. The summed E-state index contributed by atoms with van der Waals surface area (Å²) in [4.78, 5) is 14.3. The summed E-state index contributed by atoms with van der Waals surface area (Å²) in [7, 11) is -3.48. The molecule has 0 saturated carbocycles. The fourth-order valence-electron chi connectivity index (χ4n) is 3.09. The number of benzene rings is 2. The van der Waals surface area contributed by atoms with E-state index in [2.05, 4.69) is 0 Å². The molecule has 27 heavy (non-hydrogen) atoms. The number of nitrogens with zero attached hydrogens (tertiary/aromatic N) is 2. The Labute approximate surface area is 161 Å². The van der Waals surface area contributed by atoms with Crippen molar-refractivity contribution in [2.45, 2.75) is 13.3 Å². The highest BCUT2D eigenvalue weighted by atomic mass is 32.2. The lowest BCUT2D eigenvalue weighted by Crippen LogP contribution is -2.50. The van der Waals surface area contributed by atoms with Crippen LogP contribution in [0.5, 0.6) is 0 Å². The van der Waals surface area contributed by atoms with Crippen LogP contribution in [0.25, 0.3) is 6.08 Å². The van der Waals surface area contributed by atoms with Crippen LogP contribution in [-0.4, -0.2) is 49.7 Å². The molecule has 6 heteroatoms. The third-order valence-corrected chi connectivity index (χ3v) is 6.35. The van der Waals surface area contributed by atoms with Gasteiger partial charge in [-0.2, -0.15) is 4.31 Å². The van der Waals surface area contributed by atoms with Crippen molar-refractivity contribution in [3.8, 4) is 0 Å². The lowest BCUT2D eigenvalue weighted by molar-refractivity contribution is -0.131. The standard InChI is InChI=1S/C21H24N2O3S/c1-18-7-5-6-10-20(18)17-21(24)22-12-14-23(15-13-22)27(25,26)16-11-19-8-3-2-4-9-19/h2-11,16H,12-15,17H2,1H3/b16-11+. The van der Waals surface area contributed by atoms with E-state index < -0.39 is 10.0 Å². The van der Waals surface area contributed by atoms with Crippen LogP contribution in [0.2, 0.25) is 0 Å². The van der Waals surface area contributed by atoms with E-state index in [1.54, 1.807) is 11.0 Å². The van der Waals surface area contributed by atoms with Crippen LogP contribution in [0, 0.1) is 6.92 Å². The van der Waals surface area contributed by atoms with Crippen LogP contribution in [0.3, 0.4) is 0 Å². The molecule has 2 aromatic rings. The summed E-state index contributed by atoms with van der Waals surface area (Å²) in [5, 5.41) is 1.24. The molecule has 1 fully saturated rings. The highest BCUT2D eigenvalue weighted by molar-refractivity contribution is 7.92. The Balaban J connectivity index is 1.57. The van der Waals surface area contributed by atoms with E-state index in [9.17, 15) is 13.2 Å². The zero-order chi connectivity index (χ0) is 19.3. The Morgan fingerprint density at radius 2 is 1.59 bits per heavy atom. The summed E-state index contributed by atoms with van der Waals surface area (Å²) < 4.78 is 26.4. The van der Waals surface area contributed by atoms with Gasteiger partial charge in [-0.05, 0) is 29.7 Å². The number of sulfonamides is 1. The third kappa shape index (κ3) is 5.05. The van der Waals surface area contributed by atoms with Crippen molar-refractivity contribution >= 4 is 22.0 Å². The van der Waals surface area contributed by atoms with Gasteiger partial charge < -0.3 is 4.90 Å². The van der Waals surface area contributed by atoms with Crippen LogP contribution in [-0.2, 0) is 21.2 Å². The summed E-state index contributed by atoms with van der Waals surface area (Å²) in [6.07, 6.45) is 1.96. The van der Waals surface area contributed by atoms with Gasteiger partial charge in [0.2, 0.25) is 15.9 Å². The number of carbonyl (C=O) groups is 1. The predicted molar refractivity (Wildman–Crippen MR) is 107 cm³/mol. The molecule has 3 rings (SSSR count). The number of aryl methyl sites for hydroxylation is 1. The summed E-state index contributed by atoms with van der Waals surface area (Å²) in [5.41, 5.74) is 2.95. The first kappa shape index (κ1) is 19.3. The number of hydrogen-bond acceptors (Lipinski definition) is 3. The summed E-state index contributed by atoms with van der Waals surface area (Å²) in [6, 6.07) is 17.2. The number of carbonyl (C=O) groups excluding carboxylic acids is 1. The van der Waals surface area contributed by atoms with E-state index in [0.29, 0.717) is 32.6 Å². The van der Waals surface area contributed by atoms with Crippen LogP contribution in [0.1, 0.15) is 16.7 Å². The average molecular weight is 385 g/mol. The second kappa shape index (κ2) is 8.50. The third-order valence-electron chi connectivity index (χ3n) is 4.79. The normalized spacial score (nSPS) is 16.0. The molecule has 1 aliphatic heterocycles. The molecule has 0 radical (unpaired) electrons. The average Bonchev–Trinajstić information content (AvgIpc) is 2.69. The molecule has 0 unspecified atom stereocenters. The van der Waals surface area contributed by atoms with Gasteiger partial charge in [0.05, 0.1) is 6.42 Å². The lowest BCUT2D eigenvalue weighted by Gasteiger charge is -2.33. The number of hydrogen-bond donors (Lipinski definition) is 0. The van der Waals surface area contributed by atoms with E-state index in [0.717, 1.165) is 16.7 Å². The van der Waals surface area contributed by atoms with Gasteiger partial charge in [0, 0.05) is 31.6 Å². The van der Waals surface area contributed by atoms with E-state index in [1.165, 1.54) is 9.71 Å². The number of piperazine rings is 1. The topological polar surface area (TPSA) is 57.7 Å². The van der Waals surface area contributed by atoms with Gasteiger partial charge in [0.1, 0.15) is 0 Å². The second-order valence-electron chi connectivity index (χ2n) is 6.64. The monoisotopic (exact) mass is 384 g/mol. The van der Waals surface area contributed by atoms with Gasteiger partial charge >= 0.3 is 0 Å². The van der Waals surface area contributed by atoms with Crippen LogP contribution in [0.15, 0.2) is 60.0 Å². The number of rotatable bonds is 5. The predicted octanol–water partition coefficient (Wildman–Crippen LogP) is 2.68. The molecule has 0 N–H and O–H groups in total. The van der Waals surface area contributed by atoms with Crippen molar-refractivity contribution in [2.75, 3.05) is 26.2 Å². The maximum Gasteiger partial charge on any atom is 0.236 e. The molecular weight excluding hydrogens is 360 g/mol. The first-order valence-electron chi connectivity index (χ1n) is 9.01. The molecule has 2 aromatic carbocycles. The minimum Gasteiger partial charge on any atom is -0.340 e. The SMILES string of the molecule is Cc1ccccc1CC(=O)N1CCN(S(=O)(=O)/C=C/c2ccccc2)CC1. The Hall–Kier alpha value is -2.44. The summed E-state index contributed by atoms with van der Waals surface area (Å²) >= 11 is 0. The molecule has 0 aliphatic carbocycles. The second-order valence-corrected chi connectivity index (χ2v) is 8.46. The fourth-order valence-corrected chi connectivity index (χ4v) is 4.26. The highest BCUT2D eigenvalue weighted by Gasteiger charge is 2.27. The lowest BCUT2D eigenvalue weighted by atomic mass is 10.1. The molecule has 1 saturated heterocycles. The van der Waals surface area contributed by atoms with E-state index >= 15 is 0 Å². The zero-order valence-corrected chi connectivity index (χ0v) is 16.2. The molecule has 5 nitrogen and oxygen atoms in total. The Morgan fingerprint density at radius 3 is 2.26 bits per heavy atom. The first-order chi connectivity index (χ1) is 13.0. The summed E-state index contributed by atoms with van der Waals surface area (Å²) in [5.74, 6) is 0.0428. The molecule has 142 valence electrons. The molecule has 1 amide bonds. The van der Waals surface area contributed by atoms with Crippen molar-refractivity contribution < 1.29 is 13.2 Å². The smallest absolute Gasteiger partial charge is 0.236 e. The minimum atomic E-state index is -3.48. The number of amides is 1. The highest BCUT2D eigenvalue weighted by Crippen LogP contribution is 2.14. The quantitative estimate of drug-likeness (QED) is 0.796. The van der Waals surface area contributed by atoms with Gasteiger partial charge in [-0.1, -0.05) is 54.6 Å². The Morgan fingerprint density at radius 1 is 0.963 bits per heavy atom. The van der Waals surface area contributed by atoms with Gasteiger partial charge in [0.25, 0.3) is 0 Å². The van der Waals surface area contributed by atoms with E-state index in [4.69, 9.17) is 0 Å². The zero-order valence-electron chi connectivity index (χ0n) is 15.4. The van der Waals surface area contributed by atoms with Crippen molar-refractivity contribution in [2.24, 2.45) is 0 Å². The van der Waals surface area contributed by atoms with Crippen LogP contribution < -0.4 is 0 Å². The minimum absolute atomic E-state index is 0.0428. The van der Waals surface area contributed by atoms with Gasteiger partial charge in [-0.15, -0.1) is 0 Å². The van der Waals surface area contributed by atoms with Gasteiger partial charge in [-0.25, -0.2) is 8.42 Å². The largest absolute Gasteiger partial charge is 0.340 e. The molecule has 0 bridgehead atoms. The van der Waals surface area contributed by atoms with Crippen LogP contribution >= 0.6 is 0 Å². The maximum atomic E-state index is 12.5. The van der Waals surface area contributed by atoms with E-state index in [1.807, 2.05) is 61.5 Å². The molecule has 1 aliphatic rings. The van der Waals surface area contributed by atoms with Gasteiger partial charge in [-0.3, -0.25) is 4.79 Å². The molecular formula is C21H24N2O3S. The molecule has 0 atom stereocenters. The van der Waals surface area contributed by atoms with Crippen molar-refractivity contribution in [1.82, 2.24) is 9.21 Å². The Kier molecular flexibility index (Phi) is 6.08. The van der Waals surface area contributed by atoms with Crippen LogP contribution in [0.4, 0.5) is 0 Å². The molecule has 1 heterocycles. The fraction of sp³-hybridized carbons (Fsp3) is 0.286. The van der Waals surface area contributed by atoms with Crippen molar-refractivity contribution in [3.05, 3.63) is 76.7 Å². The van der Waals surface area contributed by atoms with Crippen molar-refractivity contribution in [1.29, 1.82) is 0 Å². The molecule has 0 spiro atoms. The van der Waals surface area contributed by atoms with Gasteiger partial charge in [0.15, 0.2) is 0 Å². The molecule has 0 aromatic heterocycles. The summed E-state index contributed by atoms with van der Waals surface area (Å²) in [6.45, 7) is 3.47.